The fraction of sp³-hybridized carbons (Fsp3) is 1.00. The van der Waals surface area contributed by atoms with Crippen molar-refractivity contribution in [3.63, 3.8) is 0 Å². The lowest BCUT2D eigenvalue weighted by Crippen LogP contribution is -2.34. The molecule has 0 aliphatic heterocycles. The molecule has 0 heterocycles. The molecule has 0 aliphatic carbocycles. The molecule has 0 radical (unpaired) electrons. The molecule has 2 nitrogen and oxygen atoms in total. The van der Waals surface area contributed by atoms with Crippen molar-refractivity contribution < 1.29 is 0 Å². The molecule has 102 valence electrons. The Bertz CT molecular complexity index is 82.7. The number of hydrogen-bond donors (Lipinski definition) is 1. The van der Waals surface area contributed by atoms with Crippen LogP contribution in [0.4, 0.5) is 0 Å². The lowest BCUT2D eigenvalue weighted by molar-refractivity contribution is 0.244. The van der Waals surface area contributed by atoms with E-state index in [2.05, 4.69) is 31.1 Å². The first kappa shape index (κ1) is 21.2. The SMILES string of the molecule is CC.CC.CCCC[C@H](C)N(C)CCNC. The van der Waals surface area contributed by atoms with Crippen molar-refractivity contribution in [1.29, 1.82) is 0 Å². The van der Waals surface area contributed by atoms with E-state index >= 15 is 0 Å². The zero-order valence-electron chi connectivity index (χ0n) is 13.1. The lowest BCUT2D eigenvalue weighted by Gasteiger charge is -2.24. The van der Waals surface area contributed by atoms with Gasteiger partial charge in [-0.1, -0.05) is 47.5 Å². The van der Waals surface area contributed by atoms with Crippen molar-refractivity contribution in [1.82, 2.24) is 10.2 Å². The predicted octanol–water partition coefficient (Wildman–Crippen LogP) is 3.77. The van der Waals surface area contributed by atoms with E-state index in [0.29, 0.717) is 0 Å². The second-order valence-corrected chi connectivity index (χ2v) is 3.58. The van der Waals surface area contributed by atoms with Crippen LogP contribution in [-0.4, -0.2) is 38.1 Å². The smallest absolute Gasteiger partial charge is 0.0106 e. The number of hydrogen-bond acceptors (Lipinski definition) is 2. The highest BCUT2D eigenvalue weighted by molar-refractivity contribution is 4.63. The summed E-state index contributed by atoms with van der Waals surface area (Å²) in [7, 11) is 4.21. The molecule has 0 saturated carbocycles. The Labute approximate surface area is 105 Å². The van der Waals surface area contributed by atoms with Crippen LogP contribution < -0.4 is 5.32 Å². The van der Waals surface area contributed by atoms with E-state index in [0.717, 1.165) is 19.1 Å². The lowest BCUT2D eigenvalue weighted by atomic mass is 10.1. The Kier molecular flexibility index (Phi) is 27.0. The zero-order chi connectivity index (χ0) is 13.4. The van der Waals surface area contributed by atoms with Crippen LogP contribution >= 0.6 is 0 Å². The number of likely N-dealkylation sites (N-methyl/N-ethyl adjacent to an activating group) is 2. The van der Waals surface area contributed by atoms with Gasteiger partial charge in [-0.05, 0) is 27.4 Å². The molecule has 1 atom stereocenters. The summed E-state index contributed by atoms with van der Waals surface area (Å²) in [5.41, 5.74) is 0. The van der Waals surface area contributed by atoms with E-state index in [-0.39, 0.29) is 0 Å². The molecule has 0 amide bonds. The fourth-order valence-electron chi connectivity index (χ4n) is 1.23. The molecule has 1 N–H and O–H groups in total. The molecule has 0 fully saturated rings. The van der Waals surface area contributed by atoms with Gasteiger partial charge < -0.3 is 10.2 Å². The van der Waals surface area contributed by atoms with Gasteiger partial charge >= 0.3 is 0 Å². The van der Waals surface area contributed by atoms with Crippen LogP contribution in [0.25, 0.3) is 0 Å². The zero-order valence-corrected chi connectivity index (χ0v) is 13.1. The van der Waals surface area contributed by atoms with Gasteiger partial charge in [-0.3, -0.25) is 0 Å². The molecule has 0 rings (SSSR count). The average molecular weight is 232 g/mol. The number of unbranched alkanes of at least 4 members (excludes halogenated alkanes) is 1. The summed E-state index contributed by atoms with van der Waals surface area (Å²) >= 11 is 0. The van der Waals surface area contributed by atoms with Gasteiger partial charge in [0.2, 0.25) is 0 Å². The summed E-state index contributed by atoms with van der Waals surface area (Å²) < 4.78 is 0. The minimum Gasteiger partial charge on any atom is -0.318 e. The summed E-state index contributed by atoms with van der Waals surface area (Å²) in [5, 5.41) is 3.17. The predicted molar refractivity (Wildman–Crippen MR) is 78.2 cm³/mol. The van der Waals surface area contributed by atoms with Crippen LogP contribution in [0.3, 0.4) is 0 Å². The maximum atomic E-state index is 3.17. The average Bonchev–Trinajstić information content (AvgIpc) is 2.37. The topological polar surface area (TPSA) is 15.3 Å². The number of nitrogens with zero attached hydrogens (tertiary/aromatic N) is 1. The van der Waals surface area contributed by atoms with Crippen molar-refractivity contribution in [2.45, 2.75) is 66.8 Å². The molecule has 0 saturated heterocycles. The third-order valence-corrected chi connectivity index (χ3v) is 2.44. The normalized spacial score (nSPS) is 11.1. The van der Waals surface area contributed by atoms with E-state index < -0.39 is 0 Å². The van der Waals surface area contributed by atoms with Crippen molar-refractivity contribution in [2.24, 2.45) is 0 Å². The monoisotopic (exact) mass is 232 g/mol. The molecule has 0 bridgehead atoms. The molecule has 0 aromatic heterocycles. The standard InChI is InChI=1S/C10H24N2.2C2H6/c1-5-6-7-10(2)12(4)9-8-11-3;2*1-2/h10-11H,5-9H2,1-4H3;2*1-2H3/t10-;;/m0../s1. The van der Waals surface area contributed by atoms with Gasteiger partial charge in [-0.2, -0.15) is 0 Å². The van der Waals surface area contributed by atoms with E-state index in [4.69, 9.17) is 0 Å². The third-order valence-electron chi connectivity index (χ3n) is 2.44. The van der Waals surface area contributed by atoms with Crippen LogP contribution in [0.2, 0.25) is 0 Å². The second kappa shape index (κ2) is 20.3. The van der Waals surface area contributed by atoms with Gasteiger partial charge in [0.05, 0.1) is 0 Å². The molecule has 16 heavy (non-hydrogen) atoms. The van der Waals surface area contributed by atoms with Crippen LogP contribution in [-0.2, 0) is 0 Å². The van der Waals surface area contributed by atoms with E-state index in [1.54, 1.807) is 0 Å². The van der Waals surface area contributed by atoms with Crippen molar-refractivity contribution in [3.05, 3.63) is 0 Å². The minimum atomic E-state index is 0.735. The van der Waals surface area contributed by atoms with Gasteiger partial charge in [0.15, 0.2) is 0 Å². The number of rotatable bonds is 7. The Hall–Kier alpha value is -0.0800. The van der Waals surface area contributed by atoms with Crippen molar-refractivity contribution >= 4 is 0 Å². The molecular formula is C14H36N2. The van der Waals surface area contributed by atoms with E-state index in [1.807, 2.05) is 34.7 Å². The van der Waals surface area contributed by atoms with Crippen molar-refractivity contribution in [2.75, 3.05) is 27.2 Å². The van der Waals surface area contributed by atoms with Crippen LogP contribution in [0.1, 0.15) is 60.8 Å². The highest BCUT2D eigenvalue weighted by Gasteiger charge is 2.06. The second-order valence-electron chi connectivity index (χ2n) is 3.58. The van der Waals surface area contributed by atoms with Crippen LogP contribution in [0.15, 0.2) is 0 Å². The Balaban J connectivity index is -0.000000376. The van der Waals surface area contributed by atoms with E-state index in [9.17, 15) is 0 Å². The van der Waals surface area contributed by atoms with Gasteiger partial charge in [0.1, 0.15) is 0 Å². The van der Waals surface area contributed by atoms with E-state index in [1.165, 1.54) is 19.3 Å². The first-order chi connectivity index (χ1) is 7.72. The summed E-state index contributed by atoms with van der Waals surface area (Å²) in [6.07, 6.45) is 3.99. The van der Waals surface area contributed by atoms with Crippen LogP contribution in [0.5, 0.6) is 0 Å². The third kappa shape index (κ3) is 16.4. The summed E-state index contributed by atoms with van der Waals surface area (Å²) in [4.78, 5) is 2.42. The Morgan fingerprint density at radius 1 is 1.12 bits per heavy atom. The molecule has 0 unspecified atom stereocenters. The summed E-state index contributed by atoms with van der Waals surface area (Å²) in [6.45, 7) is 14.8. The number of nitrogens with one attached hydrogen (secondary N) is 1. The highest BCUT2D eigenvalue weighted by atomic mass is 15.1. The largest absolute Gasteiger partial charge is 0.318 e. The van der Waals surface area contributed by atoms with Crippen LogP contribution in [0, 0.1) is 0 Å². The molecule has 0 aliphatic rings. The first-order valence-corrected chi connectivity index (χ1v) is 7.07. The van der Waals surface area contributed by atoms with Gasteiger partial charge in [0, 0.05) is 19.1 Å². The molecule has 2 heteroatoms. The quantitative estimate of drug-likeness (QED) is 0.719. The summed E-state index contributed by atoms with van der Waals surface area (Å²) in [5.74, 6) is 0. The van der Waals surface area contributed by atoms with Gasteiger partial charge in [0.25, 0.3) is 0 Å². The maximum absolute atomic E-state index is 3.17. The molecule has 0 spiro atoms. The Morgan fingerprint density at radius 3 is 2.00 bits per heavy atom. The molecule has 0 aromatic carbocycles. The first-order valence-electron chi connectivity index (χ1n) is 7.07. The minimum absolute atomic E-state index is 0.735. The van der Waals surface area contributed by atoms with Gasteiger partial charge in [-0.25, -0.2) is 0 Å². The fourth-order valence-corrected chi connectivity index (χ4v) is 1.23. The summed E-state index contributed by atoms with van der Waals surface area (Å²) in [6, 6.07) is 0.735. The molecular weight excluding hydrogens is 196 g/mol. The molecule has 0 aromatic rings. The maximum Gasteiger partial charge on any atom is 0.0106 e. The van der Waals surface area contributed by atoms with Crippen molar-refractivity contribution in [3.8, 4) is 0 Å². The van der Waals surface area contributed by atoms with Gasteiger partial charge in [-0.15, -0.1) is 0 Å². The Morgan fingerprint density at radius 2 is 1.62 bits per heavy atom. The highest BCUT2D eigenvalue weighted by Crippen LogP contribution is 2.05.